The van der Waals surface area contributed by atoms with Gasteiger partial charge in [0.15, 0.2) is 0 Å². The van der Waals surface area contributed by atoms with E-state index in [2.05, 4.69) is 10.6 Å². The van der Waals surface area contributed by atoms with E-state index in [9.17, 15) is 14.3 Å². The number of rotatable bonds is 8. The van der Waals surface area contributed by atoms with Crippen molar-refractivity contribution >= 4 is 11.7 Å². The highest BCUT2D eigenvalue weighted by Gasteiger charge is 2.30. The molecular formula is C21H25FN2O3. The number of carboxylic acids is 1. The Labute approximate surface area is 158 Å². The number of ether oxygens (including phenoxy) is 1. The maximum atomic E-state index is 13.6. The minimum absolute atomic E-state index is 0.170. The number of anilines is 1. The number of benzene rings is 2. The number of carbonyl (C=O) groups is 1. The van der Waals surface area contributed by atoms with E-state index < -0.39 is 5.97 Å². The molecule has 2 aromatic rings. The molecule has 6 heteroatoms. The Morgan fingerprint density at radius 2 is 2.15 bits per heavy atom. The van der Waals surface area contributed by atoms with E-state index in [0.29, 0.717) is 24.4 Å². The molecule has 0 aliphatic carbocycles. The van der Waals surface area contributed by atoms with Gasteiger partial charge in [-0.3, -0.25) is 4.79 Å². The number of nitrogens with one attached hydrogen (secondary N) is 2. The number of methoxy groups -OCH3 is 1. The summed E-state index contributed by atoms with van der Waals surface area (Å²) < 4.78 is 18.7. The van der Waals surface area contributed by atoms with Crippen molar-refractivity contribution in [2.45, 2.75) is 19.4 Å². The molecule has 0 spiro atoms. The van der Waals surface area contributed by atoms with Crippen LogP contribution in [0.2, 0.25) is 0 Å². The Balaban J connectivity index is 1.66. The van der Waals surface area contributed by atoms with Crippen LogP contribution in [0.1, 0.15) is 17.5 Å². The third-order valence-corrected chi connectivity index (χ3v) is 5.04. The molecule has 2 aromatic carbocycles. The number of halogens is 1. The summed E-state index contributed by atoms with van der Waals surface area (Å²) in [4.78, 5) is 11.7. The van der Waals surface area contributed by atoms with Gasteiger partial charge in [0.2, 0.25) is 0 Å². The van der Waals surface area contributed by atoms with Crippen molar-refractivity contribution in [3.05, 3.63) is 59.4 Å². The van der Waals surface area contributed by atoms with Gasteiger partial charge in [0.1, 0.15) is 11.6 Å². The predicted octanol–water partition coefficient (Wildman–Crippen LogP) is 3.30. The maximum Gasteiger partial charge on any atom is 0.307 e. The van der Waals surface area contributed by atoms with Crippen molar-refractivity contribution in [1.29, 1.82) is 0 Å². The summed E-state index contributed by atoms with van der Waals surface area (Å²) in [6, 6.07) is 12.4. The van der Waals surface area contributed by atoms with Crippen LogP contribution < -0.4 is 15.4 Å². The molecule has 0 amide bonds. The average molecular weight is 372 g/mol. The third-order valence-electron chi connectivity index (χ3n) is 5.04. The first kappa shape index (κ1) is 19.2. The molecule has 1 aliphatic heterocycles. The van der Waals surface area contributed by atoms with Crippen molar-refractivity contribution in [3.63, 3.8) is 0 Å². The molecule has 1 aliphatic rings. The summed E-state index contributed by atoms with van der Waals surface area (Å²) in [5.41, 5.74) is 2.66. The molecule has 0 saturated carbocycles. The first-order valence-electron chi connectivity index (χ1n) is 9.15. The van der Waals surface area contributed by atoms with Crippen molar-refractivity contribution in [1.82, 2.24) is 5.32 Å². The van der Waals surface area contributed by atoms with Crippen LogP contribution in [-0.2, 0) is 17.8 Å². The van der Waals surface area contributed by atoms with Crippen molar-refractivity contribution < 1.29 is 19.0 Å². The van der Waals surface area contributed by atoms with Crippen LogP contribution in [0, 0.1) is 17.7 Å². The van der Waals surface area contributed by atoms with E-state index in [4.69, 9.17) is 4.74 Å². The van der Waals surface area contributed by atoms with Gasteiger partial charge in [-0.15, -0.1) is 0 Å². The number of hydrogen-bond donors (Lipinski definition) is 3. The van der Waals surface area contributed by atoms with Crippen molar-refractivity contribution in [3.8, 4) is 5.75 Å². The maximum absolute atomic E-state index is 13.6. The van der Waals surface area contributed by atoms with E-state index in [1.807, 2.05) is 24.3 Å². The Bertz CT molecular complexity index is 791. The fraction of sp³-hybridized carbons (Fsp3) is 0.381. The molecule has 2 atom stereocenters. The Morgan fingerprint density at radius 3 is 2.85 bits per heavy atom. The largest absolute Gasteiger partial charge is 0.497 e. The molecule has 144 valence electrons. The van der Waals surface area contributed by atoms with Crippen molar-refractivity contribution in [2.24, 2.45) is 11.8 Å². The summed E-state index contributed by atoms with van der Waals surface area (Å²) in [7, 11) is 1.50. The van der Waals surface area contributed by atoms with Crippen LogP contribution in [0.15, 0.2) is 42.5 Å². The number of hydrogen-bond acceptors (Lipinski definition) is 4. The molecule has 0 aromatic heterocycles. The highest BCUT2D eigenvalue weighted by atomic mass is 19.1. The Kier molecular flexibility index (Phi) is 6.29. The highest BCUT2D eigenvalue weighted by molar-refractivity contribution is 5.71. The van der Waals surface area contributed by atoms with Gasteiger partial charge in [-0.2, -0.15) is 0 Å². The number of aliphatic carboxylic acids is 1. The summed E-state index contributed by atoms with van der Waals surface area (Å²) in [6.45, 7) is 2.16. The summed E-state index contributed by atoms with van der Waals surface area (Å²) in [5.74, 6) is -0.848. The zero-order chi connectivity index (χ0) is 19.2. The van der Waals surface area contributed by atoms with Crippen LogP contribution in [0.25, 0.3) is 0 Å². The van der Waals surface area contributed by atoms with Crippen LogP contribution in [-0.4, -0.2) is 31.3 Å². The normalized spacial score (nSPS) is 17.5. The smallest absolute Gasteiger partial charge is 0.307 e. The van der Waals surface area contributed by atoms with Gasteiger partial charge in [-0.1, -0.05) is 24.3 Å². The quantitative estimate of drug-likeness (QED) is 0.663. The van der Waals surface area contributed by atoms with Gasteiger partial charge in [0.25, 0.3) is 0 Å². The second-order valence-electron chi connectivity index (χ2n) is 6.95. The first-order valence-corrected chi connectivity index (χ1v) is 9.15. The summed E-state index contributed by atoms with van der Waals surface area (Å²) in [5, 5.41) is 16.0. The molecule has 3 N–H and O–H groups in total. The van der Waals surface area contributed by atoms with E-state index in [-0.39, 0.29) is 17.7 Å². The zero-order valence-electron chi connectivity index (χ0n) is 15.4. The summed E-state index contributed by atoms with van der Waals surface area (Å²) >= 11 is 0. The lowest BCUT2D eigenvalue weighted by Crippen LogP contribution is -2.27. The van der Waals surface area contributed by atoms with E-state index >= 15 is 0 Å². The Hall–Kier alpha value is -2.60. The van der Waals surface area contributed by atoms with Crippen LogP contribution in [0.4, 0.5) is 10.1 Å². The predicted molar refractivity (Wildman–Crippen MR) is 103 cm³/mol. The van der Waals surface area contributed by atoms with Gasteiger partial charge < -0.3 is 20.5 Å². The minimum atomic E-state index is -0.737. The van der Waals surface area contributed by atoms with Gasteiger partial charge in [-0.05, 0) is 49.0 Å². The van der Waals surface area contributed by atoms with E-state index in [0.717, 1.165) is 30.6 Å². The lowest BCUT2D eigenvalue weighted by Gasteiger charge is -2.19. The molecular weight excluding hydrogens is 347 g/mol. The second-order valence-corrected chi connectivity index (χ2v) is 6.95. The van der Waals surface area contributed by atoms with Gasteiger partial charge >= 0.3 is 5.97 Å². The molecule has 0 bridgehead atoms. The first-order chi connectivity index (χ1) is 13.0. The molecule has 3 rings (SSSR count). The lowest BCUT2D eigenvalue weighted by molar-refractivity contribution is -0.143. The monoisotopic (exact) mass is 372 g/mol. The average Bonchev–Trinajstić information content (AvgIpc) is 3.18. The molecule has 5 nitrogen and oxygen atoms in total. The molecule has 0 unspecified atom stereocenters. The molecule has 0 radical (unpaired) electrons. The van der Waals surface area contributed by atoms with Crippen LogP contribution in [0.3, 0.4) is 0 Å². The lowest BCUT2D eigenvalue weighted by atomic mass is 9.86. The third kappa shape index (κ3) is 5.20. The summed E-state index contributed by atoms with van der Waals surface area (Å²) in [6.07, 6.45) is 1.42. The van der Waals surface area contributed by atoms with Gasteiger partial charge in [0.05, 0.1) is 13.0 Å². The second kappa shape index (κ2) is 8.86. The number of carboxylic acid groups (broad SMARTS) is 1. The van der Waals surface area contributed by atoms with E-state index in [1.165, 1.54) is 19.2 Å². The molecule has 1 saturated heterocycles. The molecule has 1 fully saturated rings. The van der Waals surface area contributed by atoms with Crippen LogP contribution >= 0.6 is 0 Å². The molecule has 27 heavy (non-hydrogen) atoms. The Morgan fingerprint density at radius 1 is 1.33 bits per heavy atom. The highest BCUT2D eigenvalue weighted by Crippen LogP contribution is 2.24. The van der Waals surface area contributed by atoms with Gasteiger partial charge in [-0.25, -0.2) is 4.39 Å². The SMILES string of the molecule is COc1cc(F)cc(NCc2cccc(C[C@H](C(=O)O)[C@H]3CCNC3)c2)c1. The molecule has 1 heterocycles. The van der Waals surface area contributed by atoms with E-state index in [1.54, 1.807) is 6.07 Å². The van der Waals surface area contributed by atoms with Crippen molar-refractivity contribution in [2.75, 3.05) is 25.5 Å². The zero-order valence-corrected chi connectivity index (χ0v) is 15.4. The van der Waals surface area contributed by atoms with Gasteiger partial charge in [0, 0.05) is 24.4 Å². The standard InChI is InChI=1S/C21H25FN2O3/c1-27-19-10-17(22)9-18(11-19)24-12-15-4-2-3-14(7-15)8-20(21(25)26)16-5-6-23-13-16/h2-4,7,9-11,16,20,23-24H,5-6,8,12-13H2,1H3,(H,25,26)/t16-,20-/m0/s1. The fourth-order valence-corrected chi connectivity index (χ4v) is 3.58. The topological polar surface area (TPSA) is 70.6 Å². The minimum Gasteiger partial charge on any atom is -0.497 e. The van der Waals surface area contributed by atoms with Crippen LogP contribution in [0.5, 0.6) is 5.75 Å². The fourth-order valence-electron chi connectivity index (χ4n) is 3.58.